The van der Waals surface area contributed by atoms with Gasteiger partial charge < -0.3 is 24.8 Å². The van der Waals surface area contributed by atoms with Crippen LogP contribution in [0.4, 0.5) is 0 Å². The second-order valence-electron chi connectivity index (χ2n) is 10.3. The third-order valence-electron chi connectivity index (χ3n) is 6.74. The van der Waals surface area contributed by atoms with Gasteiger partial charge in [0.15, 0.2) is 0 Å². The molecule has 4 heteroatoms. The average Bonchev–Trinajstić information content (AvgIpc) is 3.59. The van der Waals surface area contributed by atoms with E-state index in [1.165, 1.54) is 43.0 Å². The molecule has 0 aliphatic heterocycles. The van der Waals surface area contributed by atoms with Gasteiger partial charge in [-0.15, -0.1) is 81.2 Å². The molecule has 0 fully saturated rings. The van der Waals surface area contributed by atoms with Crippen molar-refractivity contribution in [3.63, 3.8) is 0 Å². The Labute approximate surface area is 267 Å². The van der Waals surface area contributed by atoms with E-state index in [4.69, 9.17) is 0 Å². The third-order valence-corrected chi connectivity index (χ3v) is 12.8. The van der Waals surface area contributed by atoms with E-state index in [0.29, 0.717) is 11.8 Å². The number of benzene rings is 4. The zero-order valence-electron chi connectivity index (χ0n) is 23.6. The van der Waals surface area contributed by atoms with Gasteiger partial charge in [-0.25, -0.2) is 0 Å². The summed E-state index contributed by atoms with van der Waals surface area (Å²) in [6.07, 6.45) is 0. The quantitative estimate of drug-likeness (QED) is 0.202. The second-order valence-corrected chi connectivity index (χ2v) is 15.8. The van der Waals surface area contributed by atoms with E-state index in [-0.39, 0.29) is 24.8 Å². The Kier molecular flexibility index (Phi) is 14.4. The zero-order valence-corrected chi connectivity index (χ0v) is 28.6. The fourth-order valence-electron chi connectivity index (χ4n) is 4.39. The first kappa shape index (κ1) is 34.0. The maximum absolute atomic E-state index is 2.28. The minimum atomic E-state index is -0.455. The van der Waals surface area contributed by atoms with Crippen molar-refractivity contribution in [1.82, 2.24) is 0 Å². The van der Waals surface area contributed by atoms with E-state index < -0.39 is 5.43 Å². The molecule has 0 aliphatic rings. The third kappa shape index (κ3) is 9.42. The monoisotopic (exact) mass is 656 g/mol. The molecule has 0 saturated heterocycles. The van der Waals surface area contributed by atoms with Crippen molar-refractivity contribution in [2.45, 2.75) is 39.5 Å². The van der Waals surface area contributed by atoms with E-state index in [2.05, 4.69) is 161 Å². The molecule has 0 aliphatic carbocycles. The Balaban J connectivity index is 0.000000206. The van der Waals surface area contributed by atoms with Gasteiger partial charge >= 0.3 is 99.8 Å². The first-order valence-corrected chi connectivity index (χ1v) is 18.6. The van der Waals surface area contributed by atoms with Crippen molar-refractivity contribution >= 4 is 37.4 Å². The maximum atomic E-state index is 2.28. The molecule has 0 saturated carbocycles. The summed E-state index contributed by atoms with van der Waals surface area (Å²) < 4.78 is 0. The van der Waals surface area contributed by atoms with Gasteiger partial charge in [-0.1, -0.05) is 39.8 Å². The van der Waals surface area contributed by atoms with Gasteiger partial charge in [-0.05, 0) is 11.8 Å². The van der Waals surface area contributed by atoms with E-state index in [9.17, 15) is 0 Å². The summed E-state index contributed by atoms with van der Waals surface area (Å²) in [7, 11) is 0. The van der Waals surface area contributed by atoms with Gasteiger partial charge in [-0.2, -0.15) is 12.1 Å². The van der Waals surface area contributed by atoms with Crippen LogP contribution in [0.3, 0.4) is 0 Å². The van der Waals surface area contributed by atoms with Crippen molar-refractivity contribution < 1.29 is 48.1 Å². The van der Waals surface area contributed by atoms with Crippen molar-refractivity contribution in [3.05, 3.63) is 145 Å². The standard InChI is InChI=1S/C12H10Si.2C12H13.2ClH.Zr/c1-3-7-11(8-4-1)13-12-9-5-2-6-10-12;2*1-9(2)12-7-10-5-3-4-6-11(10)8-12;;;/h1-10H;2*3-9H,1-2H3;2*1H;/q;2*-1;;;+2/p-2. The van der Waals surface area contributed by atoms with Crippen molar-refractivity contribution in [2.24, 2.45) is 0 Å². The fraction of sp³-hybridized carbons (Fsp3) is 0.167. The Hall–Kier alpha value is -2.22. The molecule has 0 N–H and O–H groups in total. The molecule has 0 radical (unpaired) electrons. The fourth-order valence-corrected chi connectivity index (χ4v) is 8.24. The van der Waals surface area contributed by atoms with Crippen LogP contribution < -0.4 is 35.2 Å². The van der Waals surface area contributed by atoms with Crippen LogP contribution >= 0.6 is 0 Å². The van der Waals surface area contributed by atoms with Gasteiger partial charge in [-0.3, -0.25) is 0 Å². The molecule has 0 atom stereocenters. The molecule has 0 heterocycles. The molecule has 0 aromatic heterocycles. The molecular weight excluding hydrogens is 623 g/mol. The van der Waals surface area contributed by atoms with Crippen LogP contribution in [-0.2, 0) is 23.3 Å². The van der Waals surface area contributed by atoms with Gasteiger partial charge in [0.05, 0.1) is 0 Å². The summed E-state index contributed by atoms with van der Waals surface area (Å²) >= 11 is 1.64. The Morgan fingerprint density at radius 3 is 1.15 bits per heavy atom. The van der Waals surface area contributed by atoms with Gasteiger partial charge in [0, 0.05) is 0 Å². The van der Waals surface area contributed by atoms with Crippen LogP contribution in [-0.4, -0.2) is 5.43 Å². The van der Waals surface area contributed by atoms with Gasteiger partial charge in [0.2, 0.25) is 0 Å². The molecule has 0 bridgehead atoms. The predicted octanol–water partition coefficient (Wildman–Crippen LogP) is 2.71. The molecule has 6 rings (SSSR count). The molecule has 6 aromatic carbocycles. The second kappa shape index (κ2) is 16.9. The van der Waals surface area contributed by atoms with Crippen molar-refractivity contribution in [1.29, 1.82) is 0 Å². The number of fused-ring (bicyclic) bond motifs is 2. The molecule has 0 nitrogen and oxygen atoms in total. The summed E-state index contributed by atoms with van der Waals surface area (Å²) in [5, 5.41) is 8.48. The van der Waals surface area contributed by atoms with Crippen LogP contribution in [0.25, 0.3) is 21.5 Å². The molecule has 0 unspecified atom stereocenters. The van der Waals surface area contributed by atoms with E-state index in [0.717, 1.165) is 0 Å². The zero-order chi connectivity index (χ0) is 26.9. The molecule has 0 spiro atoms. The average molecular weight is 659 g/mol. The Bertz CT molecular complexity index is 1400. The molecule has 40 heavy (non-hydrogen) atoms. The topological polar surface area (TPSA) is 0 Å². The predicted molar refractivity (Wildman–Crippen MR) is 165 cm³/mol. The first-order valence-electron chi connectivity index (χ1n) is 13.4. The molecular formula is C36H36Cl2SiZr-2. The summed E-state index contributed by atoms with van der Waals surface area (Å²) in [5.41, 5.74) is 2.43. The molecule has 0 amide bonds. The summed E-state index contributed by atoms with van der Waals surface area (Å²) in [6, 6.07) is 47.8. The summed E-state index contributed by atoms with van der Waals surface area (Å²) in [4.78, 5) is 0. The van der Waals surface area contributed by atoms with Crippen LogP contribution in [0.5, 0.6) is 0 Å². The van der Waals surface area contributed by atoms with E-state index in [1.54, 1.807) is 23.3 Å². The van der Waals surface area contributed by atoms with E-state index in [1.807, 2.05) is 0 Å². The van der Waals surface area contributed by atoms with Crippen LogP contribution in [0.1, 0.15) is 50.7 Å². The SMILES string of the molecule is CC(C)c1cc2ccccc2[cH-]1.CC(C)c1cc2ccccc2[cH-]1.[Cl-].[Cl-].[Zr+2]=[Si](c1ccccc1)c1ccccc1. The molecule has 204 valence electrons. The number of rotatable bonds is 4. The number of hydrogen-bond donors (Lipinski definition) is 0. The van der Waals surface area contributed by atoms with Gasteiger partial charge in [0.1, 0.15) is 0 Å². The minimum absolute atomic E-state index is 0. The normalized spacial score (nSPS) is 10.2. The number of halogens is 2. The van der Waals surface area contributed by atoms with Crippen molar-refractivity contribution in [2.75, 3.05) is 0 Å². The van der Waals surface area contributed by atoms with Gasteiger partial charge in [0.25, 0.3) is 0 Å². The van der Waals surface area contributed by atoms with E-state index >= 15 is 0 Å². The number of hydrogen-bond acceptors (Lipinski definition) is 0. The van der Waals surface area contributed by atoms with Crippen LogP contribution in [0.2, 0.25) is 0 Å². The van der Waals surface area contributed by atoms with Crippen LogP contribution in [0, 0.1) is 0 Å². The van der Waals surface area contributed by atoms with Crippen LogP contribution in [0.15, 0.2) is 133 Å². The Morgan fingerprint density at radius 1 is 0.500 bits per heavy atom. The molecule has 6 aromatic rings. The summed E-state index contributed by atoms with van der Waals surface area (Å²) in [5.74, 6) is 1.27. The first-order chi connectivity index (χ1) is 18.4. The Morgan fingerprint density at radius 2 is 0.825 bits per heavy atom. The summed E-state index contributed by atoms with van der Waals surface area (Å²) in [6.45, 7) is 8.92. The van der Waals surface area contributed by atoms with Crippen molar-refractivity contribution in [3.8, 4) is 0 Å².